The highest BCUT2D eigenvalue weighted by Crippen LogP contribution is 2.45. The molecule has 25 heavy (non-hydrogen) atoms. The summed E-state index contributed by atoms with van der Waals surface area (Å²) in [6.07, 6.45) is 7.46. The zero-order valence-electron chi connectivity index (χ0n) is 14.4. The van der Waals surface area contributed by atoms with Crippen LogP contribution in [0.3, 0.4) is 0 Å². The van der Waals surface area contributed by atoms with Crippen molar-refractivity contribution < 1.29 is 14.6 Å². The number of carbonyl (C=O) groups is 1. The number of imidazole rings is 1. The predicted octanol–water partition coefficient (Wildman–Crippen LogP) is 2.29. The summed E-state index contributed by atoms with van der Waals surface area (Å²) in [6, 6.07) is 1.85. The van der Waals surface area contributed by atoms with Gasteiger partial charge in [-0.25, -0.2) is 9.78 Å². The number of aryl methyl sites for hydroxylation is 1. The van der Waals surface area contributed by atoms with Crippen LogP contribution in [0.5, 0.6) is 0 Å². The fourth-order valence-electron chi connectivity index (χ4n) is 3.93. The number of carboxylic acid groups (broad SMARTS) is 1. The zero-order chi connectivity index (χ0) is 17.4. The van der Waals surface area contributed by atoms with E-state index in [2.05, 4.69) is 14.5 Å². The van der Waals surface area contributed by atoms with Gasteiger partial charge in [-0.2, -0.15) is 0 Å². The van der Waals surface area contributed by atoms with Crippen molar-refractivity contribution in [1.29, 1.82) is 0 Å². The maximum absolute atomic E-state index is 11.3. The van der Waals surface area contributed by atoms with Crippen LogP contribution in [0.15, 0.2) is 18.5 Å². The first-order valence-corrected chi connectivity index (χ1v) is 9.58. The number of aromatic nitrogens is 2. The molecule has 2 aromatic heterocycles. The Morgan fingerprint density at radius 1 is 1.44 bits per heavy atom. The molecule has 1 fully saturated rings. The van der Waals surface area contributed by atoms with Gasteiger partial charge in [0.1, 0.15) is 16.3 Å². The number of aromatic carboxylic acids is 1. The summed E-state index contributed by atoms with van der Waals surface area (Å²) < 4.78 is 8.29. The molecular formula is C18H23N3O3S. The van der Waals surface area contributed by atoms with Gasteiger partial charge in [0.05, 0.1) is 6.61 Å². The average molecular weight is 361 g/mol. The maximum Gasteiger partial charge on any atom is 0.345 e. The monoisotopic (exact) mass is 361 g/mol. The molecule has 4 heterocycles. The fourth-order valence-corrected chi connectivity index (χ4v) is 5.18. The normalized spacial score (nSPS) is 19.9. The van der Waals surface area contributed by atoms with Gasteiger partial charge in [0.2, 0.25) is 0 Å². The lowest BCUT2D eigenvalue weighted by atomic mass is 9.85. The van der Waals surface area contributed by atoms with Crippen molar-refractivity contribution in [2.24, 2.45) is 7.05 Å². The molecule has 0 amide bonds. The van der Waals surface area contributed by atoms with Gasteiger partial charge in [-0.1, -0.05) is 0 Å². The van der Waals surface area contributed by atoms with Gasteiger partial charge < -0.3 is 19.3 Å². The lowest BCUT2D eigenvalue weighted by Gasteiger charge is -2.43. The van der Waals surface area contributed by atoms with E-state index in [1.54, 1.807) is 0 Å². The predicted molar refractivity (Wildman–Crippen MR) is 95.2 cm³/mol. The number of piperidine rings is 1. The number of hydrogen-bond donors (Lipinski definition) is 1. The number of carboxylic acids is 1. The molecule has 0 bridgehead atoms. The molecule has 0 radical (unpaired) electrons. The van der Waals surface area contributed by atoms with Gasteiger partial charge in [-0.15, -0.1) is 11.3 Å². The van der Waals surface area contributed by atoms with E-state index in [9.17, 15) is 9.90 Å². The first kappa shape index (κ1) is 16.8. The Bertz CT molecular complexity index is 774. The van der Waals surface area contributed by atoms with Crippen molar-refractivity contribution in [3.8, 4) is 0 Å². The SMILES string of the molecule is Cn1ccnc1CCN1CCC2(CC1)OCCc1cc(C(=O)O)sc12. The second kappa shape index (κ2) is 6.55. The number of nitrogens with zero attached hydrogens (tertiary/aromatic N) is 3. The van der Waals surface area contributed by atoms with Crippen LogP contribution in [0.25, 0.3) is 0 Å². The Kier molecular flexibility index (Phi) is 4.39. The molecule has 0 unspecified atom stereocenters. The van der Waals surface area contributed by atoms with Crippen LogP contribution in [0.1, 0.15) is 38.8 Å². The minimum absolute atomic E-state index is 0.272. The number of likely N-dealkylation sites (tertiary alicyclic amines) is 1. The van der Waals surface area contributed by atoms with Crippen LogP contribution in [0, 0.1) is 0 Å². The van der Waals surface area contributed by atoms with Crippen molar-refractivity contribution in [2.45, 2.75) is 31.3 Å². The Morgan fingerprint density at radius 3 is 2.92 bits per heavy atom. The first-order chi connectivity index (χ1) is 12.1. The quantitative estimate of drug-likeness (QED) is 0.905. The van der Waals surface area contributed by atoms with E-state index < -0.39 is 5.97 Å². The van der Waals surface area contributed by atoms with E-state index in [1.807, 2.05) is 25.5 Å². The topological polar surface area (TPSA) is 67.6 Å². The van der Waals surface area contributed by atoms with Crippen LogP contribution >= 0.6 is 11.3 Å². The van der Waals surface area contributed by atoms with Gasteiger partial charge >= 0.3 is 5.97 Å². The third-order valence-electron chi connectivity index (χ3n) is 5.42. The number of rotatable bonds is 4. The summed E-state index contributed by atoms with van der Waals surface area (Å²) in [4.78, 5) is 19.8. The lowest BCUT2D eigenvalue weighted by molar-refractivity contribution is -0.0949. The molecule has 0 saturated carbocycles. The second-order valence-corrected chi connectivity index (χ2v) is 7.96. The maximum atomic E-state index is 11.3. The molecule has 2 aliphatic heterocycles. The van der Waals surface area contributed by atoms with Gasteiger partial charge in [0, 0.05) is 50.4 Å². The number of fused-ring (bicyclic) bond motifs is 2. The Balaban J connectivity index is 1.43. The number of ether oxygens (including phenoxy) is 1. The molecule has 134 valence electrons. The summed E-state index contributed by atoms with van der Waals surface area (Å²) >= 11 is 1.41. The summed E-state index contributed by atoms with van der Waals surface area (Å²) in [7, 11) is 2.03. The zero-order valence-corrected chi connectivity index (χ0v) is 15.2. The van der Waals surface area contributed by atoms with Gasteiger partial charge in [-0.05, 0) is 30.9 Å². The van der Waals surface area contributed by atoms with E-state index >= 15 is 0 Å². The molecule has 6 nitrogen and oxygen atoms in total. The highest BCUT2D eigenvalue weighted by atomic mass is 32.1. The van der Waals surface area contributed by atoms with Gasteiger partial charge in [0.15, 0.2) is 0 Å². The van der Waals surface area contributed by atoms with Crippen molar-refractivity contribution in [3.05, 3.63) is 39.6 Å². The van der Waals surface area contributed by atoms with Crippen LogP contribution < -0.4 is 0 Å². The van der Waals surface area contributed by atoms with Crippen LogP contribution in [0.4, 0.5) is 0 Å². The molecule has 2 aromatic rings. The standard InChI is InChI=1S/C18H23N3O3S/c1-20-10-6-19-15(20)2-7-21-8-4-18(5-9-21)16-13(3-11-24-18)12-14(25-16)17(22)23/h6,10,12H,2-5,7-9,11H2,1H3,(H,22,23). The third kappa shape index (κ3) is 3.12. The molecule has 0 aromatic carbocycles. The summed E-state index contributed by atoms with van der Waals surface area (Å²) in [5, 5.41) is 9.30. The fraction of sp³-hybridized carbons (Fsp3) is 0.556. The van der Waals surface area contributed by atoms with Crippen LogP contribution in [-0.2, 0) is 30.2 Å². The molecular weight excluding hydrogens is 338 g/mol. The average Bonchev–Trinajstić information content (AvgIpc) is 3.22. The van der Waals surface area contributed by atoms with E-state index in [0.29, 0.717) is 11.5 Å². The van der Waals surface area contributed by atoms with E-state index in [1.165, 1.54) is 16.9 Å². The molecule has 7 heteroatoms. The Morgan fingerprint density at radius 2 is 2.24 bits per heavy atom. The molecule has 1 saturated heterocycles. The second-order valence-electron chi connectivity index (χ2n) is 6.91. The van der Waals surface area contributed by atoms with E-state index in [4.69, 9.17) is 4.74 Å². The summed E-state index contributed by atoms with van der Waals surface area (Å²) in [5.41, 5.74) is 0.904. The Labute approximate surface area is 151 Å². The van der Waals surface area contributed by atoms with E-state index in [-0.39, 0.29) is 5.60 Å². The third-order valence-corrected chi connectivity index (χ3v) is 6.77. The Hall–Kier alpha value is -1.70. The van der Waals surface area contributed by atoms with Crippen molar-refractivity contribution >= 4 is 17.3 Å². The highest BCUT2D eigenvalue weighted by Gasteiger charge is 2.42. The van der Waals surface area contributed by atoms with Crippen molar-refractivity contribution in [1.82, 2.24) is 14.5 Å². The molecule has 1 spiro atoms. The van der Waals surface area contributed by atoms with Crippen molar-refractivity contribution in [2.75, 3.05) is 26.2 Å². The van der Waals surface area contributed by atoms with Crippen molar-refractivity contribution in [3.63, 3.8) is 0 Å². The lowest BCUT2D eigenvalue weighted by Crippen LogP contribution is -2.46. The van der Waals surface area contributed by atoms with Crippen LogP contribution in [-0.4, -0.2) is 51.8 Å². The molecule has 4 rings (SSSR count). The summed E-state index contributed by atoms with van der Waals surface area (Å²) in [6.45, 7) is 3.64. The summed E-state index contributed by atoms with van der Waals surface area (Å²) in [5.74, 6) is 0.280. The minimum atomic E-state index is -0.831. The molecule has 1 N–H and O–H groups in total. The largest absolute Gasteiger partial charge is 0.477 e. The smallest absolute Gasteiger partial charge is 0.345 e. The number of thiophene rings is 1. The first-order valence-electron chi connectivity index (χ1n) is 8.76. The van der Waals surface area contributed by atoms with Crippen LogP contribution in [0.2, 0.25) is 0 Å². The van der Waals surface area contributed by atoms with E-state index in [0.717, 1.165) is 56.0 Å². The molecule has 0 atom stereocenters. The molecule has 0 aliphatic carbocycles. The van der Waals surface area contributed by atoms with Gasteiger partial charge in [0.25, 0.3) is 0 Å². The molecule has 2 aliphatic rings. The van der Waals surface area contributed by atoms with Gasteiger partial charge in [-0.3, -0.25) is 0 Å². The minimum Gasteiger partial charge on any atom is -0.477 e. The number of hydrogen-bond acceptors (Lipinski definition) is 5. The highest BCUT2D eigenvalue weighted by molar-refractivity contribution is 7.14.